The number of hydrogen-bond donors (Lipinski definition) is 0. The predicted molar refractivity (Wildman–Crippen MR) is 84.7 cm³/mol. The van der Waals surface area contributed by atoms with Crippen LogP contribution in [0.1, 0.15) is 64.7 Å². The molecule has 2 fully saturated rings. The number of ether oxygens (including phenoxy) is 1. The second-order valence-corrected chi connectivity index (χ2v) is 6.43. The minimum absolute atomic E-state index is 0.0776. The normalized spacial score (nSPS) is 24.8. The minimum Gasteiger partial charge on any atom is -0.370 e. The Morgan fingerprint density at radius 3 is 2.83 bits per heavy atom. The lowest BCUT2D eigenvalue weighted by atomic mass is 9.79. The second-order valence-electron chi connectivity index (χ2n) is 5.35. The lowest BCUT2D eigenvalue weighted by Gasteiger charge is -2.34. The Morgan fingerprint density at radius 2 is 2.11 bits per heavy atom. The van der Waals surface area contributed by atoms with Crippen LogP contribution in [0, 0.1) is 11.8 Å². The Kier molecular flexibility index (Phi) is 5.56. The van der Waals surface area contributed by atoms with Crippen molar-refractivity contribution in [3.05, 3.63) is 9.15 Å². The summed E-state index contributed by atoms with van der Waals surface area (Å²) in [5.41, 5.74) is 1.58. The summed E-state index contributed by atoms with van der Waals surface area (Å²) in [4.78, 5) is 0. The average molecular weight is 358 g/mol. The molecule has 0 radical (unpaired) electrons. The molecule has 1 spiro atoms. The van der Waals surface area contributed by atoms with Crippen LogP contribution < -0.4 is 0 Å². The number of halogens is 1. The molecule has 1 aliphatic carbocycles. The molecule has 0 amide bonds. The first-order valence-corrected chi connectivity index (χ1v) is 8.38. The van der Waals surface area contributed by atoms with E-state index in [1.54, 1.807) is 0 Å². The fourth-order valence-corrected chi connectivity index (χ4v) is 3.97. The highest BCUT2D eigenvalue weighted by Gasteiger charge is 2.41. The molecule has 2 heteroatoms. The Morgan fingerprint density at radius 1 is 1.33 bits per heavy atom. The Balaban J connectivity index is 2.10. The maximum Gasteiger partial charge on any atom is 0.0911 e. The summed E-state index contributed by atoms with van der Waals surface area (Å²) < 4.78 is 7.38. The Bertz CT molecular complexity index is 366. The molecule has 0 aromatic heterocycles. The van der Waals surface area contributed by atoms with Crippen LogP contribution in [-0.4, -0.2) is 12.2 Å². The van der Waals surface area contributed by atoms with Crippen molar-refractivity contribution >= 4 is 22.6 Å². The van der Waals surface area contributed by atoms with Crippen LogP contribution in [0.2, 0.25) is 0 Å². The van der Waals surface area contributed by atoms with Crippen LogP contribution >= 0.6 is 22.6 Å². The first-order chi connectivity index (χ1) is 8.78. The van der Waals surface area contributed by atoms with Crippen molar-refractivity contribution in [1.82, 2.24) is 0 Å². The lowest BCUT2D eigenvalue weighted by molar-refractivity contribution is -0.00397. The quantitative estimate of drug-likeness (QED) is 0.384. The van der Waals surface area contributed by atoms with Gasteiger partial charge in [0, 0.05) is 6.42 Å². The van der Waals surface area contributed by atoms with E-state index in [-0.39, 0.29) is 5.60 Å². The third kappa shape index (κ3) is 3.30. The molecule has 0 N–H and O–H groups in total. The van der Waals surface area contributed by atoms with Gasteiger partial charge < -0.3 is 4.74 Å². The Hall–Kier alpha value is -0.0100. The van der Waals surface area contributed by atoms with Gasteiger partial charge in [-0.1, -0.05) is 44.4 Å². The molecule has 0 aromatic carbocycles. The molecule has 0 aromatic rings. The van der Waals surface area contributed by atoms with Crippen molar-refractivity contribution in [2.24, 2.45) is 0 Å². The highest BCUT2D eigenvalue weighted by molar-refractivity contribution is 14.1. The molecule has 1 saturated carbocycles. The van der Waals surface area contributed by atoms with Crippen LogP contribution in [0.25, 0.3) is 0 Å². The summed E-state index contributed by atoms with van der Waals surface area (Å²) in [7, 11) is 0. The molecule has 1 saturated heterocycles. The second kappa shape index (κ2) is 6.96. The van der Waals surface area contributed by atoms with Gasteiger partial charge in [0.15, 0.2) is 0 Å². The van der Waals surface area contributed by atoms with E-state index in [4.69, 9.17) is 4.74 Å². The third-order valence-electron chi connectivity index (χ3n) is 4.06. The fraction of sp³-hybridized carbons (Fsp3) is 0.750. The van der Waals surface area contributed by atoms with Crippen molar-refractivity contribution in [3.8, 4) is 11.8 Å². The topological polar surface area (TPSA) is 9.23 Å². The fourth-order valence-electron chi connectivity index (χ4n) is 3.02. The molecule has 0 unspecified atom stereocenters. The van der Waals surface area contributed by atoms with Crippen LogP contribution in [0.4, 0.5) is 0 Å². The van der Waals surface area contributed by atoms with E-state index >= 15 is 0 Å². The van der Waals surface area contributed by atoms with Crippen molar-refractivity contribution < 1.29 is 4.74 Å². The third-order valence-corrected chi connectivity index (χ3v) is 4.98. The van der Waals surface area contributed by atoms with Crippen LogP contribution in [0.15, 0.2) is 9.15 Å². The largest absolute Gasteiger partial charge is 0.370 e. The molecule has 1 nitrogen and oxygen atoms in total. The Labute approximate surface area is 125 Å². The SMILES string of the molecule is CCCCC#C/C(I)=C1\CCOC12CCCCC2. The summed E-state index contributed by atoms with van der Waals surface area (Å²) in [6.45, 7) is 3.12. The van der Waals surface area contributed by atoms with E-state index in [2.05, 4.69) is 41.4 Å². The van der Waals surface area contributed by atoms with Gasteiger partial charge in [0.05, 0.1) is 15.8 Å². The molecule has 18 heavy (non-hydrogen) atoms. The van der Waals surface area contributed by atoms with Gasteiger partial charge in [0.1, 0.15) is 0 Å². The molecular weight excluding hydrogens is 335 g/mol. The standard InChI is InChI=1S/C16H23IO/c1-2-3-4-6-9-15(17)14-10-13-18-16(14)11-7-5-8-12-16/h2-5,7-8,10-13H2,1H3/b15-14-. The van der Waals surface area contributed by atoms with Gasteiger partial charge in [-0.2, -0.15) is 0 Å². The zero-order valence-electron chi connectivity index (χ0n) is 11.4. The summed E-state index contributed by atoms with van der Waals surface area (Å²) in [5.74, 6) is 6.68. The zero-order valence-corrected chi connectivity index (χ0v) is 13.5. The van der Waals surface area contributed by atoms with E-state index in [0.29, 0.717) is 0 Å². The van der Waals surface area contributed by atoms with E-state index < -0.39 is 0 Å². The van der Waals surface area contributed by atoms with Crippen molar-refractivity contribution in [3.63, 3.8) is 0 Å². The number of unbranched alkanes of at least 4 members (excludes halogenated alkanes) is 2. The van der Waals surface area contributed by atoms with E-state index in [0.717, 1.165) is 19.4 Å². The van der Waals surface area contributed by atoms with Gasteiger partial charge >= 0.3 is 0 Å². The van der Waals surface area contributed by atoms with Gasteiger partial charge in [0.2, 0.25) is 0 Å². The maximum atomic E-state index is 6.11. The van der Waals surface area contributed by atoms with E-state index in [1.807, 2.05) is 0 Å². The summed E-state index contributed by atoms with van der Waals surface area (Å²) >= 11 is 2.43. The van der Waals surface area contributed by atoms with Gasteiger partial charge in [-0.3, -0.25) is 0 Å². The first-order valence-electron chi connectivity index (χ1n) is 7.30. The number of rotatable bonds is 2. The molecule has 1 aliphatic heterocycles. The number of allylic oxidation sites excluding steroid dienone is 1. The van der Waals surface area contributed by atoms with Gasteiger partial charge in [-0.05, 0) is 53.8 Å². The van der Waals surface area contributed by atoms with E-state index in [9.17, 15) is 0 Å². The predicted octanol–water partition coefficient (Wildman–Crippen LogP) is 4.99. The monoisotopic (exact) mass is 358 g/mol. The van der Waals surface area contributed by atoms with Crippen molar-refractivity contribution in [2.45, 2.75) is 70.3 Å². The van der Waals surface area contributed by atoms with Gasteiger partial charge in [-0.15, -0.1) is 0 Å². The molecule has 2 rings (SSSR count). The van der Waals surface area contributed by atoms with Gasteiger partial charge in [-0.25, -0.2) is 0 Å². The molecule has 0 atom stereocenters. The van der Waals surface area contributed by atoms with Crippen LogP contribution in [0.5, 0.6) is 0 Å². The summed E-state index contributed by atoms with van der Waals surface area (Å²) in [6.07, 6.45) is 11.0. The summed E-state index contributed by atoms with van der Waals surface area (Å²) in [6, 6.07) is 0. The molecule has 2 aliphatic rings. The molecule has 1 heterocycles. The van der Waals surface area contributed by atoms with Crippen molar-refractivity contribution in [2.75, 3.05) is 6.61 Å². The average Bonchev–Trinajstić information content (AvgIpc) is 2.79. The number of hydrogen-bond acceptors (Lipinski definition) is 1. The first kappa shape index (κ1) is 14.4. The smallest absolute Gasteiger partial charge is 0.0911 e. The summed E-state index contributed by atoms with van der Waals surface area (Å²) in [5, 5.41) is 0. The highest BCUT2D eigenvalue weighted by Crippen LogP contribution is 2.45. The lowest BCUT2D eigenvalue weighted by Crippen LogP contribution is -2.32. The zero-order chi connectivity index (χ0) is 12.8. The van der Waals surface area contributed by atoms with Crippen LogP contribution in [0.3, 0.4) is 0 Å². The molecular formula is C16H23IO. The van der Waals surface area contributed by atoms with E-state index in [1.165, 1.54) is 54.1 Å². The molecule has 100 valence electrons. The van der Waals surface area contributed by atoms with Gasteiger partial charge in [0.25, 0.3) is 0 Å². The molecule has 0 bridgehead atoms. The highest BCUT2D eigenvalue weighted by atomic mass is 127. The minimum atomic E-state index is 0.0776. The van der Waals surface area contributed by atoms with Crippen LogP contribution in [-0.2, 0) is 4.74 Å². The maximum absolute atomic E-state index is 6.11. The van der Waals surface area contributed by atoms with Crippen molar-refractivity contribution in [1.29, 1.82) is 0 Å².